The average molecular weight is 255 g/mol. The third-order valence-electron chi connectivity index (χ3n) is 4.52. The highest BCUT2D eigenvalue weighted by Crippen LogP contribution is 2.29. The van der Waals surface area contributed by atoms with Crippen LogP contribution in [0.3, 0.4) is 0 Å². The average Bonchev–Trinajstić information content (AvgIpc) is 3.12. The van der Waals surface area contributed by atoms with Gasteiger partial charge in [-0.1, -0.05) is 12.1 Å². The molecule has 0 bridgehead atoms. The SMILES string of the molecule is O=C(c1cccc2cc[nH]c12)N1CC[C@H]2CNC[C@H]21. The minimum absolute atomic E-state index is 0.171. The highest BCUT2D eigenvalue weighted by Gasteiger charge is 2.40. The van der Waals surface area contributed by atoms with Gasteiger partial charge < -0.3 is 15.2 Å². The molecule has 0 unspecified atom stereocenters. The molecule has 0 spiro atoms. The number of benzene rings is 1. The molecule has 1 aromatic heterocycles. The lowest BCUT2D eigenvalue weighted by atomic mass is 10.0. The number of nitrogens with zero attached hydrogens (tertiary/aromatic N) is 1. The van der Waals surface area contributed by atoms with Crippen molar-refractivity contribution in [2.45, 2.75) is 12.5 Å². The van der Waals surface area contributed by atoms with Gasteiger partial charge in [0.15, 0.2) is 0 Å². The molecule has 4 rings (SSSR count). The van der Waals surface area contributed by atoms with Crippen LogP contribution in [0.15, 0.2) is 30.5 Å². The summed E-state index contributed by atoms with van der Waals surface area (Å²) in [4.78, 5) is 18.0. The molecule has 19 heavy (non-hydrogen) atoms. The van der Waals surface area contributed by atoms with Crippen molar-refractivity contribution in [3.63, 3.8) is 0 Å². The zero-order valence-corrected chi connectivity index (χ0v) is 10.7. The number of H-pyrrole nitrogens is 1. The summed E-state index contributed by atoms with van der Waals surface area (Å²) in [5, 5.41) is 4.49. The minimum atomic E-state index is 0.171. The number of amides is 1. The van der Waals surface area contributed by atoms with Crippen LogP contribution in [0.2, 0.25) is 0 Å². The molecule has 2 atom stereocenters. The van der Waals surface area contributed by atoms with E-state index in [-0.39, 0.29) is 5.91 Å². The summed E-state index contributed by atoms with van der Waals surface area (Å²) < 4.78 is 0. The number of rotatable bonds is 1. The van der Waals surface area contributed by atoms with Crippen molar-refractivity contribution >= 4 is 16.8 Å². The number of carbonyl (C=O) groups excluding carboxylic acids is 1. The van der Waals surface area contributed by atoms with Gasteiger partial charge in [0.1, 0.15) is 0 Å². The van der Waals surface area contributed by atoms with E-state index >= 15 is 0 Å². The molecule has 4 nitrogen and oxygen atoms in total. The van der Waals surface area contributed by atoms with E-state index in [0.717, 1.165) is 42.5 Å². The number of nitrogens with one attached hydrogen (secondary N) is 2. The Labute approximate surface area is 111 Å². The van der Waals surface area contributed by atoms with Crippen LogP contribution >= 0.6 is 0 Å². The molecule has 0 radical (unpaired) electrons. The zero-order chi connectivity index (χ0) is 12.8. The molecule has 1 aromatic carbocycles. The molecule has 2 aliphatic rings. The van der Waals surface area contributed by atoms with Gasteiger partial charge in [0.2, 0.25) is 0 Å². The molecule has 2 saturated heterocycles. The summed E-state index contributed by atoms with van der Waals surface area (Å²) in [5.74, 6) is 0.816. The molecule has 2 N–H and O–H groups in total. The number of carbonyl (C=O) groups is 1. The predicted octanol–water partition coefficient (Wildman–Crippen LogP) is 1.60. The molecule has 2 aromatic rings. The van der Waals surface area contributed by atoms with E-state index in [1.165, 1.54) is 0 Å². The van der Waals surface area contributed by atoms with E-state index in [4.69, 9.17) is 0 Å². The first-order chi connectivity index (χ1) is 9.34. The van der Waals surface area contributed by atoms with E-state index in [2.05, 4.69) is 15.2 Å². The maximum atomic E-state index is 12.8. The first-order valence-corrected chi connectivity index (χ1v) is 6.92. The highest BCUT2D eigenvalue weighted by molar-refractivity contribution is 6.05. The van der Waals surface area contributed by atoms with Crippen LogP contribution in [0.1, 0.15) is 16.8 Å². The van der Waals surface area contributed by atoms with Crippen LogP contribution in [-0.4, -0.2) is 41.5 Å². The van der Waals surface area contributed by atoms with Gasteiger partial charge >= 0.3 is 0 Å². The fraction of sp³-hybridized carbons (Fsp3) is 0.400. The maximum absolute atomic E-state index is 12.8. The van der Waals surface area contributed by atoms with Crippen molar-refractivity contribution in [3.8, 4) is 0 Å². The van der Waals surface area contributed by atoms with Crippen LogP contribution in [-0.2, 0) is 0 Å². The van der Waals surface area contributed by atoms with Crippen molar-refractivity contribution in [1.29, 1.82) is 0 Å². The molecule has 3 heterocycles. The third-order valence-corrected chi connectivity index (χ3v) is 4.52. The van der Waals surface area contributed by atoms with Gasteiger partial charge in [0.05, 0.1) is 11.1 Å². The van der Waals surface area contributed by atoms with Crippen molar-refractivity contribution in [2.75, 3.05) is 19.6 Å². The normalized spacial score (nSPS) is 26.0. The quantitative estimate of drug-likeness (QED) is 0.813. The second kappa shape index (κ2) is 4.10. The lowest BCUT2D eigenvalue weighted by molar-refractivity contribution is 0.0739. The smallest absolute Gasteiger partial charge is 0.256 e. The van der Waals surface area contributed by atoms with E-state index in [1.54, 1.807) is 0 Å². The van der Waals surface area contributed by atoms with Gasteiger partial charge in [0.25, 0.3) is 5.91 Å². The summed E-state index contributed by atoms with van der Waals surface area (Å²) in [6.07, 6.45) is 3.02. The van der Waals surface area contributed by atoms with Gasteiger partial charge in [-0.05, 0) is 24.5 Å². The monoisotopic (exact) mass is 255 g/mol. The molecule has 4 heteroatoms. The Morgan fingerprint density at radius 1 is 1.26 bits per heavy atom. The number of fused-ring (bicyclic) bond motifs is 2. The minimum Gasteiger partial charge on any atom is -0.361 e. The first kappa shape index (κ1) is 11.1. The highest BCUT2D eigenvalue weighted by atomic mass is 16.2. The Morgan fingerprint density at radius 3 is 3.16 bits per heavy atom. The molecule has 0 saturated carbocycles. The molecule has 98 valence electrons. The largest absolute Gasteiger partial charge is 0.361 e. The van der Waals surface area contributed by atoms with Crippen LogP contribution in [0, 0.1) is 5.92 Å². The number of likely N-dealkylation sites (tertiary alicyclic amines) is 1. The lowest BCUT2D eigenvalue weighted by Crippen LogP contribution is -2.39. The van der Waals surface area contributed by atoms with Gasteiger partial charge in [-0.25, -0.2) is 0 Å². The fourth-order valence-electron chi connectivity index (χ4n) is 3.52. The second-order valence-corrected chi connectivity index (χ2v) is 5.52. The van der Waals surface area contributed by atoms with Gasteiger partial charge in [-0.3, -0.25) is 4.79 Å². The summed E-state index contributed by atoms with van der Waals surface area (Å²) in [6, 6.07) is 8.32. The summed E-state index contributed by atoms with van der Waals surface area (Å²) >= 11 is 0. The maximum Gasteiger partial charge on any atom is 0.256 e. The van der Waals surface area contributed by atoms with Crippen molar-refractivity contribution < 1.29 is 4.79 Å². The standard InChI is InChI=1S/C15H17N3O/c19-15(18-7-5-11-8-16-9-13(11)18)12-3-1-2-10-4-6-17-14(10)12/h1-4,6,11,13,16-17H,5,7-9H2/t11-,13+/m0/s1. The topological polar surface area (TPSA) is 48.1 Å². The Hall–Kier alpha value is -1.81. The number of hydrogen-bond donors (Lipinski definition) is 2. The van der Waals surface area contributed by atoms with Crippen molar-refractivity contribution in [3.05, 3.63) is 36.0 Å². The van der Waals surface area contributed by atoms with E-state index < -0.39 is 0 Å². The Morgan fingerprint density at radius 2 is 2.21 bits per heavy atom. The number of aromatic nitrogens is 1. The number of hydrogen-bond acceptors (Lipinski definition) is 2. The molecular formula is C15H17N3O. The van der Waals surface area contributed by atoms with Gasteiger partial charge in [-0.15, -0.1) is 0 Å². The Kier molecular flexibility index (Phi) is 2.38. The molecule has 2 aliphatic heterocycles. The van der Waals surface area contributed by atoms with E-state index in [9.17, 15) is 4.79 Å². The molecule has 1 amide bonds. The number of aromatic amines is 1. The van der Waals surface area contributed by atoms with Gasteiger partial charge in [-0.2, -0.15) is 0 Å². The first-order valence-electron chi connectivity index (χ1n) is 6.92. The van der Waals surface area contributed by atoms with Gasteiger partial charge in [0, 0.05) is 37.3 Å². The van der Waals surface area contributed by atoms with E-state index in [1.807, 2.05) is 30.5 Å². The number of para-hydroxylation sites is 1. The third kappa shape index (κ3) is 1.60. The molecule has 0 aliphatic carbocycles. The zero-order valence-electron chi connectivity index (χ0n) is 10.7. The summed E-state index contributed by atoms with van der Waals surface area (Å²) in [5.41, 5.74) is 1.76. The Balaban J connectivity index is 1.72. The lowest BCUT2D eigenvalue weighted by Gasteiger charge is -2.23. The summed E-state index contributed by atoms with van der Waals surface area (Å²) in [6.45, 7) is 2.89. The van der Waals surface area contributed by atoms with E-state index in [0.29, 0.717) is 12.0 Å². The predicted molar refractivity (Wildman–Crippen MR) is 74.1 cm³/mol. The molecular weight excluding hydrogens is 238 g/mol. The van der Waals surface area contributed by atoms with Crippen LogP contribution in [0.4, 0.5) is 0 Å². The van der Waals surface area contributed by atoms with Crippen molar-refractivity contribution in [1.82, 2.24) is 15.2 Å². The van der Waals surface area contributed by atoms with Crippen LogP contribution in [0.5, 0.6) is 0 Å². The van der Waals surface area contributed by atoms with Crippen LogP contribution < -0.4 is 5.32 Å². The van der Waals surface area contributed by atoms with Crippen LogP contribution in [0.25, 0.3) is 10.9 Å². The van der Waals surface area contributed by atoms with Crippen molar-refractivity contribution in [2.24, 2.45) is 5.92 Å². The molecule has 2 fully saturated rings. The summed E-state index contributed by atoms with van der Waals surface area (Å²) in [7, 11) is 0. The Bertz CT molecular complexity index is 633. The second-order valence-electron chi connectivity index (χ2n) is 5.52. The fourth-order valence-corrected chi connectivity index (χ4v) is 3.52.